The van der Waals surface area contributed by atoms with Crippen molar-refractivity contribution < 1.29 is 0 Å². The summed E-state index contributed by atoms with van der Waals surface area (Å²) in [6.45, 7) is 0. The van der Waals surface area contributed by atoms with E-state index in [0.717, 1.165) is 0 Å². The van der Waals surface area contributed by atoms with Gasteiger partial charge < -0.3 is 0 Å². The zero-order valence-electron chi connectivity index (χ0n) is 2.87. The van der Waals surface area contributed by atoms with Crippen LogP contribution >= 0.6 is 21.8 Å². The highest BCUT2D eigenvalue weighted by Crippen LogP contribution is 2.26. The van der Waals surface area contributed by atoms with Crippen LogP contribution in [0.15, 0.2) is 21.2 Å². The second-order valence-corrected chi connectivity index (χ2v) is 2.45. The van der Waals surface area contributed by atoms with Crippen molar-refractivity contribution in [1.29, 1.82) is 0 Å². The van der Waals surface area contributed by atoms with Crippen LogP contribution in [0.2, 0.25) is 0 Å². The zero-order chi connectivity index (χ0) is 4.24. The summed E-state index contributed by atoms with van der Waals surface area (Å²) in [6, 6.07) is 0. The van der Waals surface area contributed by atoms with Crippen molar-refractivity contribution in [3.8, 4) is 0 Å². The summed E-state index contributed by atoms with van der Waals surface area (Å²) in [7, 11) is 2.95. The smallest absolute Gasteiger partial charge is 0.0721 e. The van der Waals surface area contributed by atoms with E-state index in [0.29, 0.717) is 0 Å². The average molecular weight is 118 g/mol. The lowest BCUT2D eigenvalue weighted by atomic mass is 11.1. The Morgan fingerprint density at radius 3 is 2.67 bits per heavy atom. The van der Waals surface area contributed by atoms with Gasteiger partial charge in [-0.2, -0.15) is 5.11 Å². The molecular formula is C2H2N2S2. The fourth-order valence-corrected chi connectivity index (χ4v) is 0.957. The second kappa shape index (κ2) is 2.25. The molecule has 6 heavy (non-hydrogen) atoms. The molecule has 0 saturated carbocycles. The lowest BCUT2D eigenvalue weighted by Gasteiger charge is -1.84. The molecule has 0 aliphatic carbocycles. The summed E-state index contributed by atoms with van der Waals surface area (Å²) in [5, 5.41) is 5.45. The predicted octanol–water partition coefficient (Wildman–Crippen LogP) is 2.22. The van der Waals surface area contributed by atoms with Crippen LogP contribution in [0.3, 0.4) is 0 Å². The Kier molecular flexibility index (Phi) is 1.58. The monoisotopic (exact) mass is 118 g/mol. The van der Waals surface area contributed by atoms with Crippen LogP contribution in [0.5, 0.6) is 0 Å². The van der Waals surface area contributed by atoms with Crippen LogP contribution in [0.25, 0.3) is 0 Å². The van der Waals surface area contributed by atoms with E-state index < -0.39 is 0 Å². The maximum absolute atomic E-state index is 3.59. The van der Waals surface area contributed by atoms with Crippen LogP contribution in [0.1, 0.15) is 0 Å². The molecule has 0 fully saturated rings. The first-order valence-electron chi connectivity index (χ1n) is 1.38. The molecule has 0 saturated heterocycles. The largest absolute Gasteiger partial charge is 0.150 e. The van der Waals surface area contributed by atoms with Crippen molar-refractivity contribution in [2.45, 2.75) is 0 Å². The normalized spacial score (nSPS) is 18.7. The third kappa shape index (κ3) is 1.02. The predicted molar refractivity (Wildman–Crippen MR) is 29.2 cm³/mol. The van der Waals surface area contributed by atoms with Gasteiger partial charge in [0.05, 0.1) is 17.2 Å². The molecule has 1 heterocycles. The molecule has 0 aromatic rings. The van der Waals surface area contributed by atoms with Gasteiger partial charge in [0.1, 0.15) is 0 Å². The van der Waals surface area contributed by atoms with Gasteiger partial charge in [0.25, 0.3) is 0 Å². The van der Waals surface area contributed by atoms with Gasteiger partial charge in [0.15, 0.2) is 0 Å². The topological polar surface area (TPSA) is 24.7 Å². The van der Waals surface area contributed by atoms with E-state index in [9.17, 15) is 0 Å². The Hall–Kier alpha value is 0.0400. The minimum Gasteiger partial charge on any atom is -0.150 e. The molecule has 1 aliphatic heterocycles. The second-order valence-electron chi connectivity index (χ2n) is 0.653. The van der Waals surface area contributed by atoms with E-state index in [1.165, 1.54) is 11.0 Å². The van der Waals surface area contributed by atoms with Gasteiger partial charge in [-0.3, -0.25) is 0 Å². The van der Waals surface area contributed by atoms with Crippen molar-refractivity contribution in [1.82, 2.24) is 0 Å². The van der Waals surface area contributed by atoms with E-state index in [1.54, 1.807) is 17.0 Å². The number of hydrogen-bond acceptors (Lipinski definition) is 4. The van der Waals surface area contributed by atoms with Crippen LogP contribution < -0.4 is 0 Å². The molecular weight excluding hydrogens is 116 g/mol. The Bertz CT molecular complexity index is 75.5. The first kappa shape index (κ1) is 4.21. The third-order valence-corrected chi connectivity index (χ3v) is 1.58. The van der Waals surface area contributed by atoms with E-state index in [4.69, 9.17) is 0 Å². The van der Waals surface area contributed by atoms with Crippen molar-refractivity contribution in [3.63, 3.8) is 0 Å². The first-order chi connectivity index (χ1) is 3.00. The molecule has 1 aliphatic rings. The summed E-state index contributed by atoms with van der Waals surface area (Å²) in [5.41, 5.74) is 0. The highest BCUT2D eigenvalue weighted by molar-refractivity contribution is 8.77. The van der Waals surface area contributed by atoms with E-state index in [1.807, 2.05) is 5.41 Å². The highest BCUT2D eigenvalue weighted by Gasteiger charge is 1.81. The minimum absolute atomic E-state index is 1.38. The van der Waals surface area contributed by atoms with Gasteiger partial charge in [-0.05, 0) is 10.8 Å². The SMILES string of the molecule is C1=CSSN=N1. The third-order valence-electron chi connectivity index (χ3n) is 0.307. The Labute approximate surface area is 43.6 Å². The molecule has 0 N–H and O–H groups in total. The first-order valence-corrected chi connectivity index (χ1v) is 3.55. The fraction of sp³-hybridized carbons (Fsp3) is 0. The molecule has 0 radical (unpaired) electrons. The lowest BCUT2D eigenvalue weighted by molar-refractivity contribution is 1.35. The van der Waals surface area contributed by atoms with E-state index in [2.05, 4.69) is 9.63 Å². The lowest BCUT2D eigenvalue weighted by Crippen LogP contribution is -1.48. The van der Waals surface area contributed by atoms with Crippen molar-refractivity contribution >= 4 is 21.8 Å². The Morgan fingerprint density at radius 2 is 2.50 bits per heavy atom. The maximum atomic E-state index is 3.59. The van der Waals surface area contributed by atoms with Crippen LogP contribution in [0.4, 0.5) is 0 Å². The fourth-order valence-electron chi connectivity index (χ4n) is 0.143. The number of rotatable bonds is 0. The molecule has 0 amide bonds. The van der Waals surface area contributed by atoms with Crippen LogP contribution in [0, 0.1) is 0 Å². The van der Waals surface area contributed by atoms with Gasteiger partial charge in [-0.1, -0.05) is 0 Å². The Morgan fingerprint density at radius 1 is 1.50 bits per heavy atom. The van der Waals surface area contributed by atoms with Gasteiger partial charge in [0.2, 0.25) is 0 Å². The highest BCUT2D eigenvalue weighted by atomic mass is 33.1. The molecule has 0 aromatic carbocycles. The molecule has 0 bridgehead atoms. The zero-order valence-corrected chi connectivity index (χ0v) is 4.50. The van der Waals surface area contributed by atoms with Gasteiger partial charge >= 0.3 is 0 Å². The maximum Gasteiger partial charge on any atom is 0.0721 e. The van der Waals surface area contributed by atoms with Crippen LogP contribution in [-0.4, -0.2) is 0 Å². The standard InChI is InChI=1S/C2H2N2S2/c1-2-5-6-4-3-1/h1-2H. The summed E-state index contributed by atoms with van der Waals surface area (Å²) in [4.78, 5) is 0. The van der Waals surface area contributed by atoms with E-state index in [-0.39, 0.29) is 0 Å². The molecule has 0 aromatic heterocycles. The Balaban J connectivity index is 2.46. The molecule has 0 unspecified atom stereocenters. The summed E-state index contributed by atoms with van der Waals surface area (Å²) in [6.07, 6.45) is 1.67. The minimum atomic E-state index is 1.38. The quantitative estimate of drug-likeness (QED) is 0.360. The molecule has 32 valence electrons. The number of nitrogens with zero attached hydrogens (tertiary/aromatic N) is 2. The van der Waals surface area contributed by atoms with Crippen LogP contribution in [-0.2, 0) is 0 Å². The summed E-state index contributed by atoms with van der Waals surface area (Å²) < 4.78 is 3.59. The van der Waals surface area contributed by atoms with Crippen molar-refractivity contribution in [2.75, 3.05) is 0 Å². The van der Waals surface area contributed by atoms with Gasteiger partial charge in [-0.15, -0.1) is 4.52 Å². The van der Waals surface area contributed by atoms with Crippen molar-refractivity contribution in [2.24, 2.45) is 9.63 Å². The molecule has 0 spiro atoms. The summed E-state index contributed by atoms with van der Waals surface area (Å²) in [5.74, 6) is 0. The van der Waals surface area contributed by atoms with Gasteiger partial charge in [-0.25, -0.2) is 0 Å². The van der Waals surface area contributed by atoms with Crippen molar-refractivity contribution in [3.05, 3.63) is 11.6 Å². The molecule has 2 nitrogen and oxygen atoms in total. The molecule has 1 rings (SSSR count). The number of hydrogen-bond donors (Lipinski definition) is 0. The summed E-state index contributed by atoms with van der Waals surface area (Å²) >= 11 is 0. The average Bonchev–Trinajstić information content (AvgIpc) is 1.72. The van der Waals surface area contributed by atoms with Gasteiger partial charge in [0, 0.05) is 5.41 Å². The molecule has 0 atom stereocenters. The van der Waals surface area contributed by atoms with E-state index >= 15 is 0 Å². The molecule has 4 heteroatoms.